The Hall–Kier alpha value is -0.0800. The van der Waals surface area contributed by atoms with E-state index in [4.69, 9.17) is 0 Å². The molecule has 0 aromatic rings. The van der Waals surface area contributed by atoms with E-state index in [2.05, 4.69) is 37.9 Å². The monoisotopic (exact) mass is 212 g/mol. The summed E-state index contributed by atoms with van der Waals surface area (Å²) >= 11 is 0. The van der Waals surface area contributed by atoms with E-state index in [1.165, 1.54) is 38.9 Å². The predicted molar refractivity (Wildman–Crippen MR) is 66.9 cm³/mol. The lowest BCUT2D eigenvalue weighted by molar-refractivity contribution is 0.166. The first-order valence-corrected chi connectivity index (χ1v) is 6.62. The Bertz CT molecular complexity index is 168. The number of hydrogen-bond donors (Lipinski definition) is 1. The quantitative estimate of drug-likeness (QED) is 0.728. The number of hydrogen-bond acceptors (Lipinski definition) is 2. The van der Waals surface area contributed by atoms with Crippen LogP contribution in [0.5, 0.6) is 0 Å². The molecule has 0 spiro atoms. The van der Waals surface area contributed by atoms with Gasteiger partial charge in [-0.05, 0) is 18.3 Å². The summed E-state index contributed by atoms with van der Waals surface area (Å²) in [5, 5.41) is 3.59. The van der Waals surface area contributed by atoms with Crippen LogP contribution in [-0.2, 0) is 0 Å². The van der Waals surface area contributed by atoms with Gasteiger partial charge in [-0.2, -0.15) is 0 Å². The molecule has 0 bridgehead atoms. The molecule has 0 aliphatic carbocycles. The highest BCUT2D eigenvalue weighted by Gasteiger charge is 2.26. The minimum atomic E-state index is 0.620. The standard InChI is InChI=1S/C13H28N2/c1-5-6-7-12(4)10-15-9-8-14-13(15)11(2)3/h11-14H,5-10H2,1-4H3. The van der Waals surface area contributed by atoms with Crippen LogP contribution in [0.3, 0.4) is 0 Å². The highest BCUT2D eigenvalue weighted by atomic mass is 15.3. The summed E-state index contributed by atoms with van der Waals surface area (Å²) in [7, 11) is 0. The SMILES string of the molecule is CCCCC(C)CN1CCNC1C(C)C. The lowest BCUT2D eigenvalue weighted by Crippen LogP contribution is -2.41. The zero-order valence-electron chi connectivity index (χ0n) is 10.9. The van der Waals surface area contributed by atoms with E-state index < -0.39 is 0 Å². The maximum Gasteiger partial charge on any atom is 0.0621 e. The molecule has 1 aliphatic heterocycles. The molecule has 0 saturated carbocycles. The summed E-state index contributed by atoms with van der Waals surface area (Å²) in [6.07, 6.45) is 4.72. The van der Waals surface area contributed by atoms with E-state index in [9.17, 15) is 0 Å². The molecule has 15 heavy (non-hydrogen) atoms. The van der Waals surface area contributed by atoms with E-state index in [0.29, 0.717) is 6.17 Å². The summed E-state index contributed by atoms with van der Waals surface area (Å²) in [4.78, 5) is 2.63. The third-order valence-corrected chi connectivity index (χ3v) is 3.37. The largest absolute Gasteiger partial charge is 0.300 e. The molecule has 2 atom stereocenters. The van der Waals surface area contributed by atoms with Crippen molar-refractivity contribution < 1.29 is 0 Å². The molecule has 1 fully saturated rings. The summed E-state index contributed by atoms with van der Waals surface area (Å²) in [5.74, 6) is 1.58. The van der Waals surface area contributed by atoms with E-state index in [-0.39, 0.29) is 0 Å². The second kappa shape index (κ2) is 6.49. The van der Waals surface area contributed by atoms with Crippen molar-refractivity contribution in [1.82, 2.24) is 10.2 Å². The minimum absolute atomic E-state index is 0.620. The first-order chi connectivity index (χ1) is 7.15. The van der Waals surface area contributed by atoms with Crippen molar-refractivity contribution in [2.45, 2.75) is 53.1 Å². The molecular formula is C13H28N2. The van der Waals surface area contributed by atoms with Crippen LogP contribution in [0.2, 0.25) is 0 Å². The van der Waals surface area contributed by atoms with Gasteiger partial charge in [-0.3, -0.25) is 4.90 Å². The summed E-state index contributed by atoms with van der Waals surface area (Å²) in [6.45, 7) is 13.0. The van der Waals surface area contributed by atoms with Gasteiger partial charge in [0.2, 0.25) is 0 Å². The summed E-state index contributed by atoms with van der Waals surface area (Å²) < 4.78 is 0. The van der Waals surface area contributed by atoms with Crippen molar-refractivity contribution in [3.63, 3.8) is 0 Å². The fourth-order valence-corrected chi connectivity index (χ4v) is 2.53. The third-order valence-electron chi connectivity index (χ3n) is 3.37. The summed E-state index contributed by atoms with van der Waals surface area (Å²) in [6, 6.07) is 0. The molecule has 0 aromatic heterocycles. The Morgan fingerprint density at radius 3 is 2.67 bits per heavy atom. The van der Waals surface area contributed by atoms with Gasteiger partial charge in [0.05, 0.1) is 6.17 Å². The maximum absolute atomic E-state index is 3.59. The average Bonchev–Trinajstić information content (AvgIpc) is 2.62. The van der Waals surface area contributed by atoms with Crippen LogP contribution in [0.1, 0.15) is 47.0 Å². The zero-order chi connectivity index (χ0) is 11.3. The molecule has 1 rings (SSSR count). The highest BCUT2D eigenvalue weighted by Crippen LogP contribution is 2.17. The van der Waals surface area contributed by atoms with Crippen molar-refractivity contribution in [3.8, 4) is 0 Å². The van der Waals surface area contributed by atoms with Crippen molar-refractivity contribution in [1.29, 1.82) is 0 Å². The van der Waals surface area contributed by atoms with Gasteiger partial charge in [-0.25, -0.2) is 0 Å². The van der Waals surface area contributed by atoms with Crippen LogP contribution in [0, 0.1) is 11.8 Å². The van der Waals surface area contributed by atoms with Crippen molar-refractivity contribution in [2.75, 3.05) is 19.6 Å². The van der Waals surface area contributed by atoms with Gasteiger partial charge >= 0.3 is 0 Å². The molecule has 2 unspecified atom stereocenters. The molecule has 1 saturated heterocycles. The fraction of sp³-hybridized carbons (Fsp3) is 1.00. The Kier molecular flexibility index (Phi) is 5.62. The van der Waals surface area contributed by atoms with E-state index >= 15 is 0 Å². The van der Waals surface area contributed by atoms with Gasteiger partial charge in [0.15, 0.2) is 0 Å². The van der Waals surface area contributed by atoms with Gasteiger partial charge in [-0.1, -0.05) is 40.5 Å². The van der Waals surface area contributed by atoms with Crippen LogP contribution >= 0.6 is 0 Å². The van der Waals surface area contributed by atoms with Crippen LogP contribution in [0.15, 0.2) is 0 Å². The molecule has 0 aromatic carbocycles. The van der Waals surface area contributed by atoms with Crippen LogP contribution in [0.4, 0.5) is 0 Å². The smallest absolute Gasteiger partial charge is 0.0621 e. The Balaban J connectivity index is 2.30. The van der Waals surface area contributed by atoms with Crippen LogP contribution < -0.4 is 5.32 Å². The van der Waals surface area contributed by atoms with Gasteiger partial charge in [0.1, 0.15) is 0 Å². The number of unbranched alkanes of at least 4 members (excludes halogenated alkanes) is 1. The van der Waals surface area contributed by atoms with E-state index in [1.54, 1.807) is 0 Å². The molecule has 1 aliphatic rings. The zero-order valence-corrected chi connectivity index (χ0v) is 10.9. The van der Waals surface area contributed by atoms with Crippen molar-refractivity contribution in [2.24, 2.45) is 11.8 Å². The molecule has 0 radical (unpaired) electrons. The molecule has 2 heteroatoms. The van der Waals surface area contributed by atoms with Gasteiger partial charge < -0.3 is 5.32 Å². The van der Waals surface area contributed by atoms with Gasteiger partial charge in [0.25, 0.3) is 0 Å². The van der Waals surface area contributed by atoms with E-state index in [0.717, 1.165) is 11.8 Å². The van der Waals surface area contributed by atoms with Crippen molar-refractivity contribution in [3.05, 3.63) is 0 Å². The number of nitrogens with one attached hydrogen (secondary N) is 1. The normalized spacial score (nSPS) is 25.0. The highest BCUT2D eigenvalue weighted by molar-refractivity contribution is 4.81. The first kappa shape index (κ1) is 13.0. The molecule has 0 amide bonds. The molecule has 1 N–H and O–H groups in total. The number of nitrogens with zero attached hydrogens (tertiary/aromatic N) is 1. The maximum atomic E-state index is 3.59. The van der Waals surface area contributed by atoms with Crippen LogP contribution in [0.25, 0.3) is 0 Å². The van der Waals surface area contributed by atoms with Crippen LogP contribution in [-0.4, -0.2) is 30.7 Å². The Morgan fingerprint density at radius 2 is 2.07 bits per heavy atom. The fourth-order valence-electron chi connectivity index (χ4n) is 2.53. The number of rotatable bonds is 6. The van der Waals surface area contributed by atoms with Gasteiger partial charge in [-0.15, -0.1) is 0 Å². The second-order valence-corrected chi connectivity index (χ2v) is 5.39. The average molecular weight is 212 g/mol. The Morgan fingerprint density at radius 1 is 1.33 bits per heavy atom. The second-order valence-electron chi connectivity index (χ2n) is 5.39. The van der Waals surface area contributed by atoms with E-state index in [1.807, 2.05) is 0 Å². The topological polar surface area (TPSA) is 15.3 Å². The summed E-state index contributed by atoms with van der Waals surface area (Å²) in [5.41, 5.74) is 0. The predicted octanol–water partition coefficient (Wildman–Crippen LogP) is 2.70. The molecule has 1 heterocycles. The molecule has 2 nitrogen and oxygen atoms in total. The van der Waals surface area contributed by atoms with Gasteiger partial charge in [0, 0.05) is 19.6 Å². The minimum Gasteiger partial charge on any atom is -0.300 e. The lowest BCUT2D eigenvalue weighted by Gasteiger charge is -2.29. The first-order valence-electron chi connectivity index (χ1n) is 6.62. The lowest BCUT2D eigenvalue weighted by atomic mass is 10.0. The van der Waals surface area contributed by atoms with Crippen molar-refractivity contribution >= 4 is 0 Å². The Labute approximate surface area is 95.4 Å². The molecule has 90 valence electrons. The third kappa shape index (κ3) is 4.12. The molecular weight excluding hydrogens is 184 g/mol.